The molecule has 3 aromatic rings. The molecule has 2 aromatic carbocycles. The third kappa shape index (κ3) is 5.73. The fourth-order valence-electron chi connectivity index (χ4n) is 2.68. The van der Waals surface area contributed by atoms with E-state index in [1.165, 1.54) is 0 Å². The van der Waals surface area contributed by atoms with Gasteiger partial charge in [-0.05, 0) is 29.8 Å². The van der Waals surface area contributed by atoms with Gasteiger partial charge in [0.2, 0.25) is 5.95 Å². The first-order chi connectivity index (χ1) is 14.0. The molecule has 0 bridgehead atoms. The van der Waals surface area contributed by atoms with E-state index in [9.17, 15) is 5.11 Å². The first-order valence-corrected chi connectivity index (χ1v) is 9.07. The molecule has 0 aliphatic heterocycles. The van der Waals surface area contributed by atoms with Crippen LogP contribution in [0.25, 0.3) is 0 Å². The standard InChI is InChI=1S/C21H24N4O4/c1-27-18-8-7-14(9-15-11-24-21(23)25-20(15)22)10-19(18)29-13-16(26)12-28-17-5-3-2-4-6-17/h2-8,10-11,16,26H,9,12-13H2,1H3,(H4,22,23,24,25). The normalized spacial score (nSPS) is 11.7. The van der Waals surface area contributed by atoms with Crippen molar-refractivity contribution in [1.82, 2.24) is 9.97 Å². The molecule has 29 heavy (non-hydrogen) atoms. The minimum Gasteiger partial charge on any atom is -0.493 e. The highest BCUT2D eigenvalue weighted by Crippen LogP contribution is 2.29. The van der Waals surface area contributed by atoms with Gasteiger partial charge in [-0.2, -0.15) is 4.98 Å². The van der Waals surface area contributed by atoms with Gasteiger partial charge in [-0.1, -0.05) is 24.3 Å². The summed E-state index contributed by atoms with van der Waals surface area (Å²) in [5.41, 5.74) is 13.1. The van der Waals surface area contributed by atoms with E-state index in [2.05, 4.69) is 9.97 Å². The van der Waals surface area contributed by atoms with Gasteiger partial charge in [0.05, 0.1) is 7.11 Å². The highest BCUT2D eigenvalue weighted by Gasteiger charge is 2.12. The Morgan fingerprint density at radius 3 is 2.48 bits per heavy atom. The van der Waals surface area contributed by atoms with Gasteiger partial charge < -0.3 is 30.8 Å². The zero-order valence-corrected chi connectivity index (χ0v) is 16.1. The predicted octanol–water partition coefficient (Wildman–Crippen LogP) is 2.06. The van der Waals surface area contributed by atoms with Crippen LogP contribution in [0.15, 0.2) is 54.7 Å². The molecule has 8 nitrogen and oxygen atoms in total. The predicted molar refractivity (Wildman–Crippen MR) is 110 cm³/mol. The van der Waals surface area contributed by atoms with E-state index in [4.69, 9.17) is 25.7 Å². The van der Waals surface area contributed by atoms with Gasteiger partial charge in [-0.15, -0.1) is 0 Å². The molecule has 8 heteroatoms. The van der Waals surface area contributed by atoms with Crippen molar-refractivity contribution in [3.63, 3.8) is 0 Å². The second-order valence-corrected chi connectivity index (χ2v) is 6.39. The summed E-state index contributed by atoms with van der Waals surface area (Å²) in [5.74, 6) is 2.24. The summed E-state index contributed by atoms with van der Waals surface area (Å²) in [7, 11) is 1.56. The summed E-state index contributed by atoms with van der Waals surface area (Å²) in [5, 5.41) is 10.2. The van der Waals surface area contributed by atoms with Gasteiger partial charge >= 0.3 is 0 Å². The molecule has 0 aliphatic rings. The van der Waals surface area contributed by atoms with E-state index < -0.39 is 6.10 Å². The number of aliphatic hydroxyl groups is 1. The molecule has 0 radical (unpaired) electrons. The Bertz CT molecular complexity index is 937. The molecule has 0 amide bonds. The molecule has 1 atom stereocenters. The Kier molecular flexibility index (Phi) is 6.70. The second-order valence-electron chi connectivity index (χ2n) is 6.39. The van der Waals surface area contributed by atoms with Gasteiger partial charge in [0.25, 0.3) is 0 Å². The molecule has 1 heterocycles. The lowest BCUT2D eigenvalue weighted by Crippen LogP contribution is -2.25. The SMILES string of the molecule is COc1ccc(Cc2cnc(N)nc2N)cc1OCC(O)COc1ccccc1. The number of ether oxygens (including phenoxy) is 3. The number of hydrogen-bond donors (Lipinski definition) is 3. The molecule has 0 spiro atoms. The van der Waals surface area contributed by atoms with Crippen molar-refractivity contribution < 1.29 is 19.3 Å². The van der Waals surface area contributed by atoms with Gasteiger partial charge in [0, 0.05) is 18.2 Å². The van der Waals surface area contributed by atoms with E-state index in [1.54, 1.807) is 19.4 Å². The van der Waals surface area contributed by atoms with Crippen LogP contribution in [-0.4, -0.2) is 41.5 Å². The fraction of sp³-hybridized carbons (Fsp3) is 0.238. The smallest absolute Gasteiger partial charge is 0.221 e. The lowest BCUT2D eigenvalue weighted by Gasteiger charge is -2.16. The van der Waals surface area contributed by atoms with Crippen molar-refractivity contribution >= 4 is 11.8 Å². The summed E-state index contributed by atoms with van der Waals surface area (Å²) in [6.07, 6.45) is 1.31. The van der Waals surface area contributed by atoms with Crippen molar-refractivity contribution in [2.75, 3.05) is 31.8 Å². The number of nitrogens with two attached hydrogens (primary N) is 2. The Balaban J connectivity index is 1.62. The fourth-order valence-corrected chi connectivity index (χ4v) is 2.68. The molecule has 0 fully saturated rings. The number of rotatable bonds is 9. The second kappa shape index (κ2) is 9.61. The van der Waals surface area contributed by atoms with Crippen LogP contribution in [0.3, 0.4) is 0 Å². The number of nitrogen functional groups attached to an aromatic ring is 2. The Morgan fingerprint density at radius 2 is 1.76 bits per heavy atom. The molecular weight excluding hydrogens is 372 g/mol. The Morgan fingerprint density at radius 1 is 1.00 bits per heavy atom. The lowest BCUT2D eigenvalue weighted by atomic mass is 10.1. The summed E-state index contributed by atoms with van der Waals surface area (Å²) in [6.45, 7) is 0.172. The van der Waals surface area contributed by atoms with Crippen molar-refractivity contribution in [3.8, 4) is 17.2 Å². The third-order valence-electron chi connectivity index (χ3n) is 4.16. The number of benzene rings is 2. The van der Waals surface area contributed by atoms with E-state index in [-0.39, 0.29) is 19.2 Å². The maximum absolute atomic E-state index is 10.2. The topological polar surface area (TPSA) is 126 Å². The zero-order chi connectivity index (χ0) is 20.6. The van der Waals surface area contributed by atoms with Gasteiger partial charge in [-0.25, -0.2) is 4.98 Å². The van der Waals surface area contributed by atoms with E-state index >= 15 is 0 Å². The van der Waals surface area contributed by atoms with Crippen LogP contribution in [0.2, 0.25) is 0 Å². The van der Waals surface area contributed by atoms with Crippen molar-refractivity contribution in [2.45, 2.75) is 12.5 Å². The van der Waals surface area contributed by atoms with E-state index in [0.29, 0.717) is 29.5 Å². The van der Waals surface area contributed by atoms with Crippen LogP contribution in [0, 0.1) is 0 Å². The van der Waals surface area contributed by atoms with Crippen molar-refractivity contribution in [1.29, 1.82) is 0 Å². The first-order valence-electron chi connectivity index (χ1n) is 9.07. The Labute approximate surface area is 169 Å². The summed E-state index contributed by atoms with van der Waals surface area (Å²) in [6, 6.07) is 14.8. The molecule has 0 aliphatic carbocycles. The summed E-state index contributed by atoms with van der Waals surface area (Å²) >= 11 is 0. The maximum Gasteiger partial charge on any atom is 0.221 e. The molecule has 5 N–H and O–H groups in total. The number of hydrogen-bond acceptors (Lipinski definition) is 8. The van der Waals surface area contributed by atoms with Gasteiger partial charge in [-0.3, -0.25) is 0 Å². The minimum absolute atomic E-state index is 0.0553. The molecular formula is C21H24N4O4. The summed E-state index contributed by atoms with van der Waals surface area (Å²) in [4.78, 5) is 7.95. The number of para-hydroxylation sites is 1. The largest absolute Gasteiger partial charge is 0.493 e. The number of aliphatic hydroxyl groups excluding tert-OH is 1. The number of methoxy groups -OCH3 is 1. The van der Waals surface area contributed by atoms with Crippen LogP contribution in [0.5, 0.6) is 17.2 Å². The van der Waals surface area contributed by atoms with Crippen LogP contribution < -0.4 is 25.7 Å². The number of aromatic nitrogens is 2. The monoisotopic (exact) mass is 396 g/mol. The quantitative estimate of drug-likeness (QED) is 0.502. The average Bonchev–Trinajstić information content (AvgIpc) is 2.73. The van der Waals surface area contributed by atoms with Crippen LogP contribution in [-0.2, 0) is 6.42 Å². The number of anilines is 2. The van der Waals surface area contributed by atoms with Crippen LogP contribution in [0.4, 0.5) is 11.8 Å². The highest BCUT2D eigenvalue weighted by atomic mass is 16.5. The molecule has 3 rings (SSSR count). The van der Waals surface area contributed by atoms with Crippen LogP contribution in [0.1, 0.15) is 11.1 Å². The first kappa shape index (κ1) is 20.2. The van der Waals surface area contributed by atoms with Crippen molar-refractivity contribution in [3.05, 3.63) is 65.9 Å². The zero-order valence-electron chi connectivity index (χ0n) is 16.1. The average molecular weight is 396 g/mol. The van der Waals surface area contributed by atoms with E-state index in [1.807, 2.05) is 42.5 Å². The molecule has 1 unspecified atom stereocenters. The molecule has 1 aromatic heterocycles. The molecule has 152 valence electrons. The van der Waals surface area contributed by atoms with E-state index in [0.717, 1.165) is 11.1 Å². The van der Waals surface area contributed by atoms with Crippen LogP contribution >= 0.6 is 0 Å². The Hall–Kier alpha value is -3.52. The third-order valence-corrected chi connectivity index (χ3v) is 4.16. The molecule has 0 saturated heterocycles. The van der Waals surface area contributed by atoms with Gasteiger partial charge in [0.1, 0.15) is 30.9 Å². The van der Waals surface area contributed by atoms with Gasteiger partial charge in [0.15, 0.2) is 11.5 Å². The lowest BCUT2D eigenvalue weighted by molar-refractivity contribution is 0.0616. The minimum atomic E-state index is -0.801. The summed E-state index contributed by atoms with van der Waals surface area (Å²) < 4.78 is 16.7. The molecule has 0 saturated carbocycles. The maximum atomic E-state index is 10.2. The highest BCUT2D eigenvalue weighted by molar-refractivity contribution is 5.48. The van der Waals surface area contributed by atoms with Crippen molar-refractivity contribution in [2.24, 2.45) is 0 Å². The number of nitrogens with zero attached hydrogens (tertiary/aromatic N) is 2.